The number of carbonyl (C=O) groups is 1. The van der Waals surface area contributed by atoms with Crippen LogP contribution < -0.4 is 5.32 Å². The molecule has 1 fully saturated rings. The highest BCUT2D eigenvalue weighted by Gasteiger charge is 2.39. The van der Waals surface area contributed by atoms with Gasteiger partial charge in [-0.2, -0.15) is 0 Å². The Balaban J connectivity index is 2.07. The molecule has 0 aliphatic heterocycles. The summed E-state index contributed by atoms with van der Waals surface area (Å²) in [4.78, 5) is 11.5. The van der Waals surface area contributed by atoms with E-state index in [1.54, 1.807) is 12.1 Å². The van der Waals surface area contributed by atoms with Gasteiger partial charge in [0, 0.05) is 10.4 Å². The first-order valence-electron chi connectivity index (χ1n) is 4.84. The lowest BCUT2D eigenvalue weighted by molar-refractivity contribution is -0.117. The van der Waals surface area contributed by atoms with Gasteiger partial charge in [-0.1, -0.05) is 22.9 Å². The molecule has 15 heavy (non-hydrogen) atoms. The van der Waals surface area contributed by atoms with Gasteiger partial charge in [0.15, 0.2) is 0 Å². The first kappa shape index (κ1) is 10.6. The lowest BCUT2D eigenvalue weighted by Gasteiger charge is -2.05. The molecule has 0 saturated heterocycles. The Morgan fingerprint density at radius 1 is 1.60 bits per heavy atom. The summed E-state index contributed by atoms with van der Waals surface area (Å²) < 4.78 is 14.0. The standard InChI is InChI=1S/C11H11BrFNO/c1-6-4-8(6)11(15)14-10-3-2-7(12)5-9(10)13/h2-3,5-6,8H,4H2,1H3,(H,14,15)/t6-,8+/m0/s1. The molecule has 1 aliphatic carbocycles. The molecule has 2 rings (SSSR count). The van der Waals surface area contributed by atoms with Gasteiger partial charge >= 0.3 is 0 Å². The summed E-state index contributed by atoms with van der Waals surface area (Å²) in [5.41, 5.74) is 0.252. The fourth-order valence-corrected chi connectivity index (χ4v) is 1.84. The van der Waals surface area contributed by atoms with E-state index < -0.39 is 5.82 Å². The average Bonchev–Trinajstić information content (AvgIpc) is 2.88. The Bertz CT molecular complexity index is 408. The van der Waals surface area contributed by atoms with E-state index in [1.165, 1.54) is 6.07 Å². The molecule has 4 heteroatoms. The van der Waals surface area contributed by atoms with E-state index in [-0.39, 0.29) is 17.5 Å². The topological polar surface area (TPSA) is 29.1 Å². The molecule has 1 amide bonds. The minimum atomic E-state index is -0.411. The number of hydrogen-bond donors (Lipinski definition) is 1. The van der Waals surface area contributed by atoms with Crippen molar-refractivity contribution in [3.63, 3.8) is 0 Å². The zero-order valence-corrected chi connectivity index (χ0v) is 9.84. The van der Waals surface area contributed by atoms with Crippen LogP contribution in [0.4, 0.5) is 10.1 Å². The first-order valence-corrected chi connectivity index (χ1v) is 5.63. The molecule has 0 heterocycles. The van der Waals surface area contributed by atoms with Crippen molar-refractivity contribution in [2.45, 2.75) is 13.3 Å². The average molecular weight is 272 g/mol. The Morgan fingerprint density at radius 3 is 2.80 bits per heavy atom. The lowest BCUT2D eigenvalue weighted by atomic mass is 10.2. The van der Waals surface area contributed by atoms with Gasteiger partial charge in [-0.25, -0.2) is 4.39 Å². The van der Waals surface area contributed by atoms with Crippen LogP contribution in [0.5, 0.6) is 0 Å². The molecule has 1 N–H and O–H groups in total. The van der Waals surface area contributed by atoms with Crippen LogP contribution in [0.15, 0.2) is 22.7 Å². The SMILES string of the molecule is C[C@H]1C[C@H]1C(=O)Nc1ccc(Br)cc1F. The maximum atomic E-state index is 13.3. The Morgan fingerprint density at radius 2 is 2.27 bits per heavy atom. The molecule has 0 bridgehead atoms. The van der Waals surface area contributed by atoms with Gasteiger partial charge in [-0.05, 0) is 30.5 Å². The molecule has 1 aromatic rings. The number of benzene rings is 1. The second kappa shape index (κ2) is 3.93. The maximum absolute atomic E-state index is 13.3. The summed E-state index contributed by atoms with van der Waals surface area (Å²) in [6.45, 7) is 2.02. The number of halogens is 2. The third-order valence-electron chi connectivity index (χ3n) is 2.64. The third-order valence-corrected chi connectivity index (χ3v) is 3.13. The van der Waals surface area contributed by atoms with E-state index in [2.05, 4.69) is 21.2 Å². The fourth-order valence-electron chi connectivity index (χ4n) is 1.50. The van der Waals surface area contributed by atoms with Crippen LogP contribution in [0.2, 0.25) is 0 Å². The summed E-state index contributed by atoms with van der Waals surface area (Å²) >= 11 is 3.16. The summed E-state index contributed by atoms with van der Waals surface area (Å²) in [5.74, 6) is 0.00584. The van der Waals surface area contributed by atoms with E-state index >= 15 is 0 Å². The molecule has 0 unspecified atom stereocenters. The van der Waals surface area contributed by atoms with Crippen molar-refractivity contribution in [3.05, 3.63) is 28.5 Å². The smallest absolute Gasteiger partial charge is 0.227 e. The minimum Gasteiger partial charge on any atom is -0.323 e. The minimum absolute atomic E-state index is 0.0630. The Hall–Kier alpha value is -0.900. The van der Waals surface area contributed by atoms with Crippen molar-refractivity contribution in [2.24, 2.45) is 11.8 Å². The molecule has 0 radical (unpaired) electrons. The predicted molar refractivity (Wildman–Crippen MR) is 60.0 cm³/mol. The molecule has 2 nitrogen and oxygen atoms in total. The van der Waals surface area contributed by atoms with Crippen LogP contribution in [0.25, 0.3) is 0 Å². The molecule has 2 atom stereocenters. The fraction of sp³-hybridized carbons (Fsp3) is 0.364. The molecule has 1 saturated carbocycles. The number of amides is 1. The van der Waals surface area contributed by atoms with Gasteiger partial charge in [0.1, 0.15) is 5.82 Å². The van der Waals surface area contributed by atoms with Gasteiger partial charge in [0.2, 0.25) is 5.91 Å². The van der Waals surface area contributed by atoms with Crippen molar-refractivity contribution in [1.29, 1.82) is 0 Å². The van der Waals surface area contributed by atoms with Gasteiger partial charge < -0.3 is 5.32 Å². The molecule has 0 aromatic heterocycles. The van der Waals surface area contributed by atoms with Crippen LogP contribution >= 0.6 is 15.9 Å². The molecule has 0 spiro atoms. The monoisotopic (exact) mass is 271 g/mol. The molecule has 80 valence electrons. The second-order valence-electron chi connectivity index (χ2n) is 3.93. The summed E-state index contributed by atoms with van der Waals surface area (Å²) in [7, 11) is 0. The number of anilines is 1. The van der Waals surface area contributed by atoms with Gasteiger partial charge in [0.25, 0.3) is 0 Å². The normalized spacial score (nSPS) is 23.7. The van der Waals surface area contributed by atoms with Gasteiger partial charge in [-0.15, -0.1) is 0 Å². The van der Waals surface area contributed by atoms with E-state index in [4.69, 9.17) is 0 Å². The number of rotatable bonds is 2. The maximum Gasteiger partial charge on any atom is 0.227 e. The van der Waals surface area contributed by atoms with E-state index in [1.807, 2.05) is 6.92 Å². The van der Waals surface area contributed by atoms with Crippen LogP contribution in [0, 0.1) is 17.7 Å². The molecular formula is C11H11BrFNO. The van der Waals surface area contributed by atoms with Crippen LogP contribution in [0.3, 0.4) is 0 Å². The van der Waals surface area contributed by atoms with E-state index in [0.717, 1.165) is 6.42 Å². The highest BCUT2D eigenvalue weighted by Crippen LogP contribution is 2.38. The summed E-state index contributed by atoms with van der Waals surface area (Å²) in [5, 5.41) is 2.60. The Labute approximate surface area is 96.0 Å². The van der Waals surface area contributed by atoms with Crippen molar-refractivity contribution >= 4 is 27.5 Å². The summed E-state index contributed by atoms with van der Waals surface area (Å²) in [6.07, 6.45) is 0.907. The highest BCUT2D eigenvalue weighted by atomic mass is 79.9. The number of hydrogen-bond acceptors (Lipinski definition) is 1. The quantitative estimate of drug-likeness (QED) is 0.880. The molecule has 1 aliphatic rings. The molecular weight excluding hydrogens is 261 g/mol. The largest absolute Gasteiger partial charge is 0.323 e. The Kier molecular flexibility index (Phi) is 2.78. The second-order valence-corrected chi connectivity index (χ2v) is 4.85. The van der Waals surface area contributed by atoms with Gasteiger partial charge in [-0.3, -0.25) is 4.79 Å². The number of nitrogens with one attached hydrogen (secondary N) is 1. The van der Waals surface area contributed by atoms with E-state index in [0.29, 0.717) is 10.4 Å². The number of carbonyl (C=O) groups excluding carboxylic acids is 1. The first-order chi connectivity index (χ1) is 7.08. The van der Waals surface area contributed by atoms with Crippen molar-refractivity contribution in [1.82, 2.24) is 0 Å². The predicted octanol–water partition coefficient (Wildman–Crippen LogP) is 3.18. The van der Waals surface area contributed by atoms with Crippen molar-refractivity contribution < 1.29 is 9.18 Å². The van der Waals surface area contributed by atoms with Crippen LogP contribution in [0.1, 0.15) is 13.3 Å². The third kappa shape index (κ3) is 2.37. The zero-order chi connectivity index (χ0) is 11.0. The van der Waals surface area contributed by atoms with Crippen molar-refractivity contribution in [2.75, 3.05) is 5.32 Å². The van der Waals surface area contributed by atoms with E-state index in [9.17, 15) is 9.18 Å². The van der Waals surface area contributed by atoms with Crippen LogP contribution in [-0.2, 0) is 4.79 Å². The van der Waals surface area contributed by atoms with Crippen molar-refractivity contribution in [3.8, 4) is 0 Å². The summed E-state index contributed by atoms with van der Waals surface area (Å²) in [6, 6.07) is 4.60. The lowest BCUT2D eigenvalue weighted by Crippen LogP contribution is -2.15. The highest BCUT2D eigenvalue weighted by molar-refractivity contribution is 9.10. The van der Waals surface area contributed by atoms with Crippen LogP contribution in [-0.4, -0.2) is 5.91 Å². The van der Waals surface area contributed by atoms with Gasteiger partial charge in [0.05, 0.1) is 5.69 Å². The zero-order valence-electron chi connectivity index (χ0n) is 8.26. The molecule has 1 aromatic carbocycles.